The second-order valence-electron chi connectivity index (χ2n) is 8.07. The van der Waals surface area contributed by atoms with E-state index >= 15 is 0 Å². The van der Waals surface area contributed by atoms with E-state index in [1.165, 1.54) is 21.6 Å². The van der Waals surface area contributed by atoms with Crippen LogP contribution in [-0.2, 0) is 24.8 Å². The van der Waals surface area contributed by atoms with Crippen molar-refractivity contribution in [1.29, 1.82) is 0 Å². The third-order valence-electron chi connectivity index (χ3n) is 6.37. The first-order valence-electron chi connectivity index (χ1n) is 10.4. The fraction of sp³-hybridized carbons (Fsp3) is 0.348. The Bertz CT molecular complexity index is 1260. The van der Waals surface area contributed by atoms with Crippen LogP contribution >= 0.6 is 11.3 Å². The Kier molecular flexibility index (Phi) is 4.21. The molecule has 0 bridgehead atoms. The average Bonchev–Trinajstić information content (AvgIpc) is 3.33. The molecular formula is C23H23FN4OS. The van der Waals surface area contributed by atoms with Gasteiger partial charge in [0.2, 0.25) is 0 Å². The molecule has 1 fully saturated rings. The standard InChI is InChI=1S/C23H23FN4OS/c1-26-20-5-2-15(24)12-17(20)18-14-28(7-6-21(18)26)16-3-4-19-22(13-16)30-23(25-19)27-8-10-29-11-9-27/h2-5,12-13H,6-11,14H2,1H3. The maximum absolute atomic E-state index is 13.9. The first kappa shape index (κ1) is 18.2. The quantitative estimate of drug-likeness (QED) is 0.482. The number of benzene rings is 2. The maximum Gasteiger partial charge on any atom is 0.186 e. The number of anilines is 2. The number of hydrogen-bond donors (Lipinski definition) is 0. The van der Waals surface area contributed by atoms with Crippen molar-refractivity contribution >= 4 is 43.3 Å². The zero-order valence-corrected chi connectivity index (χ0v) is 17.7. The highest BCUT2D eigenvalue weighted by Crippen LogP contribution is 2.36. The van der Waals surface area contributed by atoms with Gasteiger partial charge in [0.15, 0.2) is 5.13 Å². The molecule has 0 N–H and O–H groups in total. The topological polar surface area (TPSA) is 33.5 Å². The molecule has 0 radical (unpaired) electrons. The van der Waals surface area contributed by atoms with E-state index in [0.29, 0.717) is 0 Å². The minimum absolute atomic E-state index is 0.172. The number of thiazole rings is 1. The lowest BCUT2D eigenvalue weighted by Crippen LogP contribution is -2.36. The van der Waals surface area contributed by atoms with Gasteiger partial charge in [0.25, 0.3) is 0 Å². The van der Waals surface area contributed by atoms with Crippen LogP contribution in [0.5, 0.6) is 0 Å². The number of nitrogens with zero attached hydrogens (tertiary/aromatic N) is 4. The van der Waals surface area contributed by atoms with Gasteiger partial charge < -0.3 is 19.1 Å². The van der Waals surface area contributed by atoms with Crippen LogP contribution in [0.2, 0.25) is 0 Å². The summed E-state index contributed by atoms with van der Waals surface area (Å²) >= 11 is 1.76. The van der Waals surface area contributed by atoms with Gasteiger partial charge in [-0.3, -0.25) is 0 Å². The summed E-state index contributed by atoms with van der Waals surface area (Å²) in [6.45, 7) is 5.10. The Morgan fingerprint density at radius 2 is 1.90 bits per heavy atom. The molecule has 0 atom stereocenters. The molecule has 154 valence electrons. The number of ether oxygens (including phenoxy) is 1. The largest absolute Gasteiger partial charge is 0.378 e. The van der Waals surface area contributed by atoms with Crippen LogP contribution in [-0.4, -0.2) is 42.4 Å². The highest BCUT2D eigenvalue weighted by Gasteiger charge is 2.24. The SMILES string of the molecule is Cn1c2c(c3cc(F)ccc31)CN(c1ccc3nc(N4CCOCC4)sc3c1)CC2. The number of morpholine rings is 1. The van der Waals surface area contributed by atoms with Crippen LogP contribution in [0.25, 0.3) is 21.1 Å². The van der Waals surface area contributed by atoms with Crippen LogP contribution < -0.4 is 9.80 Å². The Balaban J connectivity index is 1.34. The predicted molar refractivity (Wildman–Crippen MR) is 120 cm³/mol. The fourth-order valence-electron chi connectivity index (χ4n) is 4.76. The molecule has 0 spiro atoms. The van der Waals surface area contributed by atoms with Crippen molar-refractivity contribution in [3.8, 4) is 0 Å². The Morgan fingerprint density at radius 3 is 2.77 bits per heavy atom. The summed E-state index contributed by atoms with van der Waals surface area (Å²) in [6, 6.07) is 11.7. The number of aromatic nitrogens is 2. The van der Waals surface area contributed by atoms with Crippen LogP contribution in [0.1, 0.15) is 11.3 Å². The molecule has 2 aromatic carbocycles. The highest BCUT2D eigenvalue weighted by atomic mass is 32.1. The molecule has 4 aromatic rings. The van der Waals surface area contributed by atoms with Crippen molar-refractivity contribution in [3.05, 3.63) is 53.5 Å². The normalized spacial score (nSPS) is 17.1. The van der Waals surface area contributed by atoms with Crippen molar-refractivity contribution in [2.45, 2.75) is 13.0 Å². The lowest BCUT2D eigenvalue weighted by molar-refractivity contribution is 0.122. The van der Waals surface area contributed by atoms with Gasteiger partial charge in [0.1, 0.15) is 5.82 Å². The van der Waals surface area contributed by atoms with E-state index in [1.54, 1.807) is 23.5 Å². The molecule has 5 nitrogen and oxygen atoms in total. The molecule has 2 aliphatic rings. The van der Waals surface area contributed by atoms with Crippen molar-refractivity contribution in [1.82, 2.24) is 9.55 Å². The molecule has 2 aromatic heterocycles. The van der Waals surface area contributed by atoms with Crippen LogP contribution in [0.15, 0.2) is 36.4 Å². The molecule has 0 aliphatic carbocycles. The molecule has 0 amide bonds. The number of fused-ring (bicyclic) bond motifs is 4. The van der Waals surface area contributed by atoms with Gasteiger partial charge in [-0.2, -0.15) is 0 Å². The first-order valence-corrected chi connectivity index (χ1v) is 11.2. The summed E-state index contributed by atoms with van der Waals surface area (Å²) in [6.07, 6.45) is 0.960. The van der Waals surface area contributed by atoms with Gasteiger partial charge in [-0.15, -0.1) is 0 Å². The highest BCUT2D eigenvalue weighted by molar-refractivity contribution is 7.22. The van der Waals surface area contributed by atoms with Gasteiger partial charge in [0, 0.05) is 67.5 Å². The number of rotatable bonds is 2. The van der Waals surface area contributed by atoms with E-state index in [-0.39, 0.29) is 5.82 Å². The van der Waals surface area contributed by atoms with E-state index in [4.69, 9.17) is 9.72 Å². The average molecular weight is 423 g/mol. The Labute approximate surface area is 178 Å². The Hall–Kier alpha value is -2.64. The first-order chi connectivity index (χ1) is 14.7. The van der Waals surface area contributed by atoms with Gasteiger partial charge in [0.05, 0.1) is 23.4 Å². The molecule has 0 saturated carbocycles. The molecule has 7 heteroatoms. The second-order valence-corrected chi connectivity index (χ2v) is 9.07. The second kappa shape index (κ2) is 6.96. The monoisotopic (exact) mass is 422 g/mol. The zero-order valence-electron chi connectivity index (χ0n) is 16.9. The van der Waals surface area contributed by atoms with Gasteiger partial charge in [-0.25, -0.2) is 9.37 Å². The number of halogens is 1. The summed E-state index contributed by atoms with van der Waals surface area (Å²) in [5.74, 6) is -0.172. The minimum Gasteiger partial charge on any atom is -0.378 e. The summed E-state index contributed by atoms with van der Waals surface area (Å²) in [5.41, 5.74) is 5.93. The molecule has 6 rings (SSSR count). The van der Waals surface area contributed by atoms with E-state index < -0.39 is 0 Å². The summed E-state index contributed by atoms with van der Waals surface area (Å²) < 4.78 is 22.8. The Morgan fingerprint density at radius 1 is 1.03 bits per heavy atom. The lowest BCUT2D eigenvalue weighted by atomic mass is 10.0. The van der Waals surface area contributed by atoms with E-state index in [9.17, 15) is 4.39 Å². The molecule has 2 aliphatic heterocycles. The van der Waals surface area contributed by atoms with Gasteiger partial charge in [-0.1, -0.05) is 11.3 Å². The fourth-order valence-corrected chi connectivity index (χ4v) is 5.81. The van der Waals surface area contributed by atoms with Crippen molar-refractivity contribution in [3.63, 3.8) is 0 Å². The minimum atomic E-state index is -0.172. The van der Waals surface area contributed by atoms with Crippen molar-refractivity contribution < 1.29 is 9.13 Å². The van der Waals surface area contributed by atoms with E-state index in [0.717, 1.165) is 67.4 Å². The summed E-state index contributed by atoms with van der Waals surface area (Å²) in [7, 11) is 2.09. The number of hydrogen-bond acceptors (Lipinski definition) is 5. The zero-order chi connectivity index (χ0) is 20.2. The third-order valence-corrected chi connectivity index (χ3v) is 7.45. The summed E-state index contributed by atoms with van der Waals surface area (Å²) in [5, 5.41) is 2.11. The molecule has 0 unspecified atom stereocenters. The van der Waals surface area contributed by atoms with Crippen LogP contribution in [0, 0.1) is 5.82 Å². The third kappa shape index (κ3) is 2.87. The van der Waals surface area contributed by atoms with Gasteiger partial charge >= 0.3 is 0 Å². The lowest BCUT2D eigenvalue weighted by Gasteiger charge is -2.30. The number of aryl methyl sites for hydroxylation is 1. The van der Waals surface area contributed by atoms with Crippen LogP contribution in [0.3, 0.4) is 0 Å². The maximum atomic E-state index is 13.9. The smallest absolute Gasteiger partial charge is 0.186 e. The van der Waals surface area contributed by atoms with Gasteiger partial charge in [-0.05, 0) is 36.4 Å². The van der Waals surface area contributed by atoms with E-state index in [2.05, 4.69) is 39.6 Å². The molecular weight excluding hydrogens is 399 g/mol. The molecule has 30 heavy (non-hydrogen) atoms. The predicted octanol–water partition coefficient (Wildman–Crippen LogP) is 4.33. The summed E-state index contributed by atoms with van der Waals surface area (Å²) in [4.78, 5) is 9.55. The molecule has 1 saturated heterocycles. The van der Waals surface area contributed by atoms with E-state index in [1.807, 2.05) is 6.07 Å². The van der Waals surface area contributed by atoms with Crippen LogP contribution in [0.4, 0.5) is 15.2 Å². The molecule has 4 heterocycles. The van der Waals surface area contributed by atoms with Crippen molar-refractivity contribution in [2.24, 2.45) is 7.05 Å². The van der Waals surface area contributed by atoms with Crippen molar-refractivity contribution in [2.75, 3.05) is 42.6 Å².